The molecule has 0 bridgehead atoms. The molecule has 130 valence electrons. The fraction of sp³-hybridized carbons (Fsp3) is 0.615. The normalized spacial score (nSPS) is 9.74. The molecular formula is C13H22N4O6. The van der Waals surface area contributed by atoms with E-state index in [4.69, 9.17) is 4.74 Å². The lowest BCUT2D eigenvalue weighted by atomic mass is 10.4. The number of amides is 4. The number of hydrogen-bond acceptors (Lipinski definition) is 6. The molecule has 0 radical (unpaired) electrons. The molecule has 0 aliphatic carbocycles. The fourth-order valence-corrected chi connectivity index (χ4v) is 1.23. The molecular weight excluding hydrogens is 308 g/mol. The molecule has 23 heavy (non-hydrogen) atoms. The summed E-state index contributed by atoms with van der Waals surface area (Å²) in [7, 11) is 0. The summed E-state index contributed by atoms with van der Waals surface area (Å²) in [4.78, 5) is 55.8. The lowest BCUT2D eigenvalue weighted by Crippen LogP contribution is -2.44. The van der Waals surface area contributed by atoms with Gasteiger partial charge in [0.05, 0.1) is 25.7 Å². The van der Waals surface area contributed by atoms with Crippen LogP contribution in [0, 0.1) is 0 Å². The zero-order valence-electron chi connectivity index (χ0n) is 13.4. The van der Waals surface area contributed by atoms with Gasteiger partial charge in [0.2, 0.25) is 23.6 Å². The third kappa shape index (κ3) is 12.8. The maximum Gasteiger partial charge on any atom is 0.325 e. The molecule has 0 atom stereocenters. The van der Waals surface area contributed by atoms with Gasteiger partial charge >= 0.3 is 5.97 Å². The van der Waals surface area contributed by atoms with Crippen molar-refractivity contribution < 1.29 is 28.7 Å². The predicted molar refractivity (Wildman–Crippen MR) is 78.9 cm³/mol. The molecule has 0 aromatic carbocycles. The smallest absolute Gasteiger partial charge is 0.325 e. The van der Waals surface area contributed by atoms with E-state index in [1.807, 2.05) is 0 Å². The summed E-state index contributed by atoms with van der Waals surface area (Å²) < 4.78 is 4.81. The van der Waals surface area contributed by atoms with Crippen molar-refractivity contribution in [2.24, 2.45) is 0 Å². The van der Waals surface area contributed by atoms with Gasteiger partial charge in [-0.05, 0) is 13.8 Å². The average molecular weight is 330 g/mol. The van der Waals surface area contributed by atoms with E-state index in [1.54, 1.807) is 13.8 Å². The standard InChI is InChI=1S/C13H22N4O6/c1-8(2)23-13(22)7-17-12(21)6-16-11(20)5-15-10(19)4-14-9(3)18/h8H,4-7H2,1-3H3,(H,14,18)(H,15,19)(H,16,20)(H,17,21). The summed E-state index contributed by atoms with van der Waals surface area (Å²) in [5, 5.41) is 9.07. The van der Waals surface area contributed by atoms with Crippen LogP contribution < -0.4 is 21.3 Å². The van der Waals surface area contributed by atoms with Gasteiger partial charge in [-0.25, -0.2) is 0 Å². The van der Waals surface area contributed by atoms with Gasteiger partial charge in [0.15, 0.2) is 0 Å². The average Bonchev–Trinajstić information content (AvgIpc) is 2.45. The van der Waals surface area contributed by atoms with Crippen molar-refractivity contribution in [1.29, 1.82) is 0 Å². The molecule has 0 fully saturated rings. The highest BCUT2D eigenvalue weighted by atomic mass is 16.5. The van der Waals surface area contributed by atoms with Gasteiger partial charge in [-0.3, -0.25) is 24.0 Å². The van der Waals surface area contributed by atoms with E-state index in [-0.39, 0.29) is 38.2 Å². The van der Waals surface area contributed by atoms with Crippen molar-refractivity contribution in [1.82, 2.24) is 21.3 Å². The molecule has 10 heteroatoms. The molecule has 0 aliphatic rings. The Morgan fingerprint density at radius 2 is 1.13 bits per heavy atom. The van der Waals surface area contributed by atoms with Crippen LogP contribution in [0.15, 0.2) is 0 Å². The number of rotatable bonds is 9. The van der Waals surface area contributed by atoms with Crippen LogP contribution in [0.2, 0.25) is 0 Å². The number of ether oxygens (including phenoxy) is 1. The number of carbonyl (C=O) groups is 5. The Morgan fingerprint density at radius 3 is 1.52 bits per heavy atom. The van der Waals surface area contributed by atoms with Crippen LogP contribution in [-0.4, -0.2) is 61.9 Å². The molecule has 0 heterocycles. The molecule has 0 saturated carbocycles. The number of hydrogen-bond donors (Lipinski definition) is 4. The number of carbonyl (C=O) groups excluding carboxylic acids is 5. The Bertz CT molecular complexity index is 463. The second-order valence-electron chi connectivity index (χ2n) is 4.78. The summed E-state index contributed by atoms with van der Waals surface area (Å²) in [6, 6.07) is 0. The van der Waals surface area contributed by atoms with Crippen molar-refractivity contribution in [3.63, 3.8) is 0 Å². The highest BCUT2D eigenvalue weighted by molar-refractivity contribution is 5.90. The van der Waals surface area contributed by atoms with Crippen molar-refractivity contribution in [3.8, 4) is 0 Å². The molecule has 0 rings (SSSR count). The van der Waals surface area contributed by atoms with Crippen molar-refractivity contribution in [3.05, 3.63) is 0 Å². The first-order valence-electron chi connectivity index (χ1n) is 6.94. The van der Waals surface area contributed by atoms with E-state index in [9.17, 15) is 24.0 Å². The van der Waals surface area contributed by atoms with Gasteiger partial charge < -0.3 is 26.0 Å². The molecule has 0 aromatic rings. The predicted octanol–water partition coefficient (Wildman–Crippen LogP) is -2.58. The molecule has 0 saturated heterocycles. The SMILES string of the molecule is CC(=O)NCC(=O)NCC(=O)NCC(=O)NCC(=O)OC(C)C. The molecule has 0 aliphatic heterocycles. The molecule has 4 N–H and O–H groups in total. The molecule has 4 amide bonds. The second kappa shape index (κ2) is 11.0. The molecule has 0 spiro atoms. The monoisotopic (exact) mass is 330 g/mol. The Labute approximate surface area is 133 Å². The van der Waals surface area contributed by atoms with Gasteiger partial charge in [-0.1, -0.05) is 0 Å². The highest BCUT2D eigenvalue weighted by Crippen LogP contribution is 1.87. The van der Waals surface area contributed by atoms with E-state index in [0.717, 1.165) is 0 Å². The van der Waals surface area contributed by atoms with Crippen LogP contribution in [0.25, 0.3) is 0 Å². The lowest BCUT2D eigenvalue weighted by molar-refractivity contribution is -0.147. The van der Waals surface area contributed by atoms with Gasteiger partial charge in [0.25, 0.3) is 0 Å². The number of esters is 1. The first kappa shape index (κ1) is 20.3. The second-order valence-corrected chi connectivity index (χ2v) is 4.78. The van der Waals surface area contributed by atoms with Gasteiger partial charge in [0.1, 0.15) is 6.54 Å². The Hall–Kier alpha value is -2.65. The summed E-state index contributed by atoms with van der Waals surface area (Å²) >= 11 is 0. The first-order valence-corrected chi connectivity index (χ1v) is 6.94. The van der Waals surface area contributed by atoms with Crippen LogP contribution >= 0.6 is 0 Å². The third-order valence-corrected chi connectivity index (χ3v) is 2.19. The van der Waals surface area contributed by atoms with E-state index in [2.05, 4.69) is 21.3 Å². The summed E-state index contributed by atoms with van der Waals surface area (Å²) in [6.07, 6.45) is -0.278. The van der Waals surface area contributed by atoms with Gasteiger partial charge in [-0.15, -0.1) is 0 Å². The van der Waals surface area contributed by atoms with E-state index in [0.29, 0.717) is 0 Å². The fourth-order valence-electron chi connectivity index (χ4n) is 1.23. The number of nitrogens with one attached hydrogen (secondary N) is 4. The van der Waals surface area contributed by atoms with Gasteiger partial charge in [-0.2, -0.15) is 0 Å². The van der Waals surface area contributed by atoms with E-state index < -0.39 is 23.7 Å². The minimum atomic E-state index is -0.582. The third-order valence-electron chi connectivity index (χ3n) is 2.19. The van der Waals surface area contributed by atoms with Crippen LogP contribution in [0.4, 0.5) is 0 Å². The quantitative estimate of drug-likeness (QED) is 0.342. The highest BCUT2D eigenvalue weighted by Gasteiger charge is 2.10. The van der Waals surface area contributed by atoms with Crippen LogP contribution in [-0.2, 0) is 28.7 Å². The molecule has 0 unspecified atom stereocenters. The van der Waals surface area contributed by atoms with Crippen molar-refractivity contribution in [2.45, 2.75) is 26.9 Å². The zero-order valence-corrected chi connectivity index (χ0v) is 13.4. The minimum absolute atomic E-state index is 0.235. The summed E-state index contributed by atoms with van der Waals surface area (Å²) in [5.74, 6) is -2.62. The Morgan fingerprint density at radius 1 is 0.739 bits per heavy atom. The van der Waals surface area contributed by atoms with Crippen LogP contribution in [0.5, 0.6) is 0 Å². The maximum absolute atomic E-state index is 11.4. The molecule has 0 aromatic heterocycles. The van der Waals surface area contributed by atoms with Crippen molar-refractivity contribution in [2.75, 3.05) is 26.2 Å². The topological polar surface area (TPSA) is 143 Å². The largest absolute Gasteiger partial charge is 0.462 e. The minimum Gasteiger partial charge on any atom is -0.462 e. The maximum atomic E-state index is 11.4. The van der Waals surface area contributed by atoms with Crippen molar-refractivity contribution >= 4 is 29.6 Å². The van der Waals surface area contributed by atoms with Crippen LogP contribution in [0.1, 0.15) is 20.8 Å². The Kier molecular flexibility index (Phi) is 9.72. The van der Waals surface area contributed by atoms with Crippen LogP contribution in [0.3, 0.4) is 0 Å². The van der Waals surface area contributed by atoms with E-state index >= 15 is 0 Å². The van der Waals surface area contributed by atoms with Gasteiger partial charge in [0, 0.05) is 6.92 Å². The summed E-state index contributed by atoms with van der Waals surface area (Å²) in [6.45, 7) is 3.42. The lowest BCUT2D eigenvalue weighted by Gasteiger charge is -2.09. The molecule has 10 nitrogen and oxygen atoms in total. The summed E-state index contributed by atoms with van der Waals surface area (Å²) in [5.41, 5.74) is 0. The first-order chi connectivity index (χ1) is 10.7. The zero-order chi connectivity index (χ0) is 17.8. The Balaban J connectivity index is 3.79. The van der Waals surface area contributed by atoms with E-state index in [1.165, 1.54) is 6.92 Å².